The Hall–Kier alpha value is -2.28. The third-order valence-electron chi connectivity index (χ3n) is 4.04. The van der Waals surface area contributed by atoms with Crippen LogP contribution in [0.25, 0.3) is 0 Å². The third kappa shape index (κ3) is 3.48. The van der Waals surface area contributed by atoms with E-state index in [1.165, 1.54) is 11.1 Å². The summed E-state index contributed by atoms with van der Waals surface area (Å²) in [6.45, 7) is 8.47. The van der Waals surface area contributed by atoms with E-state index in [2.05, 4.69) is 31.1 Å². The molecule has 1 heterocycles. The number of benzene rings is 1. The fraction of sp³-hybridized carbons (Fsp3) is 0.444. The standard InChI is InChI=1S/C18H22N2O2/c1-12-7-5-9-17(13(12)2)21-10-6-8-16(11-19)18-14(3)20-22-15(18)4/h5,7,9,16H,6,8,10H2,1-4H3. The lowest BCUT2D eigenvalue weighted by molar-refractivity contribution is 0.302. The number of nitrogens with zero attached hydrogens (tertiary/aromatic N) is 2. The van der Waals surface area contributed by atoms with Gasteiger partial charge >= 0.3 is 0 Å². The van der Waals surface area contributed by atoms with Gasteiger partial charge in [-0.05, 0) is 57.7 Å². The van der Waals surface area contributed by atoms with Crippen LogP contribution in [0.15, 0.2) is 22.7 Å². The second kappa shape index (κ2) is 7.13. The minimum atomic E-state index is -0.187. The average Bonchev–Trinajstić information content (AvgIpc) is 2.83. The topological polar surface area (TPSA) is 59.0 Å². The lowest BCUT2D eigenvalue weighted by atomic mass is 9.94. The SMILES string of the molecule is Cc1cccc(OCCCC(C#N)c2c(C)noc2C)c1C. The Kier molecular flexibility index (Phi) is 5.21. The molecule has 0 bridgehead atoms. The highest BCUT2D eigenvalue weighted by atomic mass is 16.5. The van der Waals surface area contributed by atoms with Gasteiger partial charge in [0.25, 0.3) is 0 Å². The molecule has 0 radical (unpaired) electrons. The van der Waals surface area contributed by atoms with Crippen molar-refractivity contribution in [3.8, 4) is 11.8 Å². The van der Waals surface area contributed by atoms with Crippen LogP contribution in [0.1, 0.15) is 46.9 Å². The zero-order valence-corrected chi connectivity index (χ0v) is 13.6. The van der Waals surface area contributed by atoms with Crippen molar-refractivity contribution in [3.05, 3.63) is 46.3 Å². The quantitative estimate of drug-likeness (QED) is 0.743. The Morgan fingerprint density at radius 2 is 2.05 bits per heavy atom. The van der Waals surface area contributed by atoms with E-state index in [1.54, 1.807) is 0 Å². The summed E-state index contributed by atoms with van der Waals surface area (Å²) >= 11 is 0. The predicted octanol–water partition coefficient (Wildman–Crippen LogP) is 4.37. The van der Waals surface area contributed by atoms with E-state index in [9.17, 15) is 5.26 Å². The summed E-state index contributed by atoms with van der Waals surface area (Å²) in [5, 5.41) is 13.3. The van der Waals surface area contributed by atoms with Crippen molar-refractivity contribution in [3.63, 3.8) is 0 Å². The average molecular weight is 298 g/mol. The van der Waals surface area contributed by atoms with Gasteiger partial charge in [0, 0.05) is 5.56 Å². The monoisotopic (exact) mass is 298 g/mol. The molecule has 0 spiro atoms. The van der Waals surface area contributed by atoms with Crippen LogP contribution in [0, 0.1) is 39.0 Å². The highest BCUT2D eigenvalue weighted by molar-refractivity contribution is 5.38. The van der Waals surface area contributed by atoms with Crippen molar-refractivity contribution in [2.75, 3.05) is 6.61 Å². The maximum atomic E-state index is 9.38. The first-order valence-electron chi connectivity index (χ1n) is 7.56. The first kappa shape index (κ1) is 16.1. The molecule has 2 aromatic rings. The molecule has 0 saturated heterocycles. The molecule has 22 heavy (non-hydrogen) atoms. The van der Waals surface area contributed by atoms with Crippen LogP contribution in [0.2, 0.25) is 0 Å². The zero-order valence-electron chi connectivity index (χ0n) is 13.6. The zero-order chi connectivity index (χ0) is 16.1. The molecule has 1 aromatic carbocycles. The third-order valence-corrected chi connectivity index (χ3v) is 4.04. The Morgan fingerprint density at radius 3 is 2.68 bits per heavy atom. The van der Waals surface area contributed by atoms with Gasteiger partial charge in [-0.2, -0.15) is 5.26 Å². The molecule has 1 aromatic heterocycles. The number of rotatable bonds is 6. The van der Waals surface area contributed by atoms with Crippen molar-refractivity contribution in [1.29, 1.82) is 5.26 Å². The first-order chi connectivity index (χ1) is 10.5. The molecule has 2 rings (SSSR count). The molecule has 116 valence electrons. The van der Waals surface area contributed by atoms with E-state index in [4.69, 9.17) is 9.26 Å². The van der Waals surface area contributed by atoms with E-state index in [0.29, 0.717) is 6.61 Å². The van der Waals surface area contributed by atoms with Gasteiger partial charge in [0.15, 0.2) is 0 Å². The number of aryl methyl sites for hydroxylation is 3. The van der Waals surface area contributed by atoms with Crippen LogP contribution in [0.5, 0.6) is 5.75 Å². The van der Waals surface area contributed by atoms with Crippen LogP contribution >= 0.6 is 0 Å². The molecular formula is C18H22N2O2. The Bertz CT molecular complexity index is 663. The van der Waals surface area contributed by atoms with Gasteiger partial charge in [-0.1, -0.05) is 17.3 Å². The van der Waals surface area contributed by atoms with E-state index in [0.717, 1.165) is 35.6 Å². The smallest absolute Gasteiger partial charge is 0.138 e. The second-order valence-corrected chi connectivity index (χ2v) is 5.61. The number of hydrogen-bond donors (Lipinski definition) is 0. The van der Waals surface area contributed by atoms with Gasteiger partial charge < -0.3 is 9.26 Å². The van der Waals surface area contributed by atoms with Gasteiger partial charge in [0.05, 0.1) is 24.3 Å². The fourth-order valence-electron chi connectivity index (χ4n) is 2.61. The Balaban J connectivity index is 1.90. The summed E-state index contributed by atoms with van der Waals surface area (Å²) in [6, 6.07) is 8.41. The van der Waals surface area contributed by atoms with Crippen LogP contribution in [-0.4, -0.2) is 11.8 Å². The number of hydrogen-bond acceptors (Lipinski definition) is 4. The first-order valence-corrected chi connectivity index (χ1v) is 7.56. The molecule has 1 atom stereocenters. The molecule has 0 aliphatic heterocycles. The van der Waals surface area contributed by atoms with Crippen molar-refractivity contribution in [1.82, 2.24) is 5.16 Å². The van der Waals surface area contributed by atoms with E-state index >= 15 is 0 Å². The van der Waals surface area contributed by atoms with Crippen molar-refractivity contribution in [2.24, 2.45) is 0 Å². The lowest BCUT2D eigenvalue weighted by Crippen LogP contribution is -2.04. The molecule has 0 amide bonds. The summed E-state index contributed by atoms with van der Waals surface area (Å²) in [7, 11) is 0. The molecule has 0 aliphatic rings. The predicted molar refractivity (Wildman–Crippen MR) is 85.0 cm³/mol. The maximum Gasteiger partial charge on any atom is 0.138 e. The molecule has 0 saturated carbocycles. The minimum absolute atomic E-state index is 0.187. The highest BCUT2D eigenvalue weighted by Gasteiger charge is 2.19. The van der Waals surface area contributed by atoms with Crippen molar-refractivity contribution in [2.45, 2.75) is 46.5 Å². The highest BCUT2D eigenvalue weighted by Crippen LogP contribution is 2.27. The van der Waals surface area contributed by atoms with Gasteiger partial charge in [0.2, 0.25) is 0 Å². The second-order valence-electron chi connectivity index (χ2n) is 5.61. The molecule has 1 unspecified atom stereocenters. The van der Waals surface area contributed by atoms with Crippen molar-refractivity contribution >= 4 is 0 Å². The van der Waals surface area contributed by atoms with Gasteiger partial charge in [-0.25, -0.2) is 0 Å². The van der Waals surface area contributed by atoms with E-state index in [1.807, 2.05) is 26.0 Å². The van der Waals surface area contributed by atoms with E-state index < -0.39 is 0 Å². The molecule has 4 nitrogen and oxygen atoms in total. The van der Waals surface area contributed by atoms with Gasteiger partial charge in [-0.15, -0.1) is 0 Å². The minimum Gasteiger partial charge on any atom is -0.493 e. The molecule has 0 N–H and O–H groups in total. The molecule has 0 fully saturated rings. The van der Waals surface area contributed by atoms with Gasteiger partial charge in [0.1, 0.15) is 11.5 Å². The van der Waals surface area contributed by atoms with Crippen molar-refractivity contribution < 1.29 is 9.26 Å². The molecule has 0 aliphatic carbocycles. The summed E-state index contributed by atoms with van der Waals surface area (Å²) in [5.74, 6) is 1.47. The Labute approximate surface area is 131 Å². The number of aromatic nitrogens is 1. The van der Waals surface area contributed by atoms with Gasteiger partial charge in [-0.3, -0.25) is 0 Å². The number of ether oxygens (including phenoxy) is 1. The normalized spacial score (nSPS) is 12.0. The van der Waals surface area contributed by atoms with E-state index in [-0.39, 0.29) is 5.92 Å². The molecule has 4 heteroatoms. The summed E-state index contributed by atoms with van der Waals surface area (Å²) < 4.78 is 11.0. The lowest BCUT2D eigenvalue weighted by Gasteiger charge is -2.12. The largest absolute Gasteiger partial charge is 0.493 e. The van der Waals surface area contributed by atoms with Crippen LogP contribution < -0.4 is 4.74 Å². The summed E-state index contributed by atoms with van der Waals surface area (Å²) in [4.78, 5) is 0. The molecular weight excluding hydrogens is 276 g/mol. The maximum absolute atomic E-state index is 9.38. The van der Waals surface area contributed by atoms with Crippen LogP contribution in [0.3, 0.4) is 0 Å². The summed E-state index contributed by atoms with van der Waals surface area (Å²) in [5.41, 5.74) is 4.13. The summed E-state index contributed by atoms with van der Waals surface area (Å²) in [6.07, 6.45) is 1.56. The number of nitriles is 1. The fourth-order valence-corrected chi connectivity index (χ4v) is 2.61. The van der Waals surface area contributed by atoms with Crippen LogP contribution in [-0.2, 0) is 0 Å². The Morgan fingerprint density at radius 1 is 1.27 bits per heavy atom. The van der Waals surface area contributed by atoms with Crippen LogP contribution in [0.4, 0.5) is 0 Å².